The quantitative estimate of drug-likeness (QED) is 0.793. The van der Waals surface area contributed by atoms with E-state index in [0.717, 1.165) is 28.1 Å². The summed E-state index contributed by atoms with van der Waals surface area (Å²) in [4.78, 5) is 5.41. The van der Waals surface area contributed by atoms with E-state index in [1.54, 1.807) is 11.3 Å². The normalized spacial score (nSPS) is 11.2. The van der Waals surface area contributed by atoms with Crippen molar-refractivity contribution < 1.29 is 8.78 Å². The highest BCUT2D eigenvalue weighted by Crippen LogP contribution is 2.22. The number of anilines is 1. The molecule has 0 spiro atoms. The van der Waals surface area contributed by atoms with Gasteiger partial charge in [0.15, 0.2) is 4.96 Å². The Morgan fingerprint density at radius 2 is 1.90 bits per heavy atom. The van der Waals surface area contributed by atoms with Crippen molar-refractivity contribution in [3.63, 3.8) is 0 Å². The number of rotatable bonds is 3. The lowest BCUT2D eigenvalue weighted by Crippen LogP contribution is -2.05. The third-order valence-electron chi connectivity index (χ3n) is 3.15. The molecule has 0 atom stereocenters. The molecule has 20 heavy (non-hydrogen) atoms. The molecular weight excluding hydrogens is 280 g/mol. The van der Waals surface area contributed by atoms with Crippen molar-refractivity contribution in [2.75, 3.05) is 5.32 Å². The van der Waals surface area contributed by atoms with E-state index in [4.69, 9.17) is 0 Å². The highest BCUT2D eigenvalue weighted by atomic mass is 32.1. The minimum atomic E-state index is -0.589. The molecule has 1 aromatic carbocycles. The molecule has 0 amide bonds. The van der Waals surface area contributed by atoms with E-state index in [1.165, 1.54) is 12.1 Å². The molecule has 3 nitrogen and oxygen atoms in total. The Bertz CT molecular complexity index is 756. The summed E-state index contributed by atoms with van der Waals surface area (Å²) in [5.74, 6) is -1.18. The summed E-state index contributed by atoms with van der Waals surface area (Å²) in [5.41, 5.74) is 3.45. The number of imidazole rings is 1. The molecule has 104 valence electrons. The molecule has 2 aromatic heterocycles. The van der Waals surface area contributed by atoms with Crippen LogP contribution in [0, 0.1) is 25.5 Å². The number of fused-ring (bicyclic) bond motifs is 1. The van der Waals surface area contributed by atoms with Crippen molar-refractivity contribution in [2.45, 2.75) is 20.4 Å². The van der Waals surface area contributed by atoms with Gasteiger partial charge in [0.25, 0.3) is 0 Å². The molecular formula is C14H13F2N3S. The summed E-state index contributed by atoms with van der Waals surface area (Å²) in [6, 6.07) is 3.41. The van der Waals surface area contributed by atoms with Crippen LogP contribution in [0.5, 0.6) is 0 Å². The van der Waals surface area contributed by atoms with Crippen LogP contribution in [0.25, 0.3) is 4.96 Å². The maximum Gasteiger partial charge on any atom is 0.194 e. The van der Waals surface area contributed by atoms with E-state index < -0.39 is 11.6 Å². The van der Waals surface area contributed by atoms with Gasteiger partial charge in [-0.2, -0.15) is 0 Å². The zero-order valence-corrected chi connectivity index (χ0v) is 11.9. The second-order valence-corrected chi connectivity index (χ2v) is 5.49. The summed E-state index contributed by atoms with van der Waals surface area (Å²) < 4.78 is 28.3. The molecule has 0 aliphatic rings. The lowest BCUT2D eigenvalue weighted by Gasteiger charge is -2.08. The third kappa shape index (κ3) is 2.27. The van der Waals surface area contributed by atoms with Crippen molar-refractivity contribution in [2.24, 2.45) is 0 Å². The number of nitrogens with zero attached hydrogens (tertiary/aromatic N) is 2. The fraction of sp³-hybridized carbons (Fsp3) is 0.214. The molecule has 0 saturated heterocycles. The van der Waals surface area contributed by atoms with E-state index in [9.17, 15) is 8.78 Å². The highest BCUT2D eigenvalue weighted by Gasteiger charge is 2.12. The first kappa shape index (κ1) is 13.1. The molecule has 0 bridgehead atoms. The first-order chi connectivity index (χ1) is 9.54. The summed E-state index contributed by atoms with van der Waals surface area (Å²) >= 11 is 1.58. The van der Waals surface area contributed by atoms with Gasteiger partial charge < -0.3 is 5.32 Å². The molecule has 0 fully saturated rings. The highest BCUT2D eigenvalue weighted by molar-refractivity contribution is 7.15. The Kier molecular flexibility index (Phi) is 3.17. The minimum Gasteiger partial charge on any atom is -0.379 e. The summed E-state index contributed by atoms with van der Waals surface area (Å²) in [6.45, 7) is 4.41. The Balaban J connectivity index is 1.90. The van der Waals surface area contributed by atoms with Crippen LogP contribution >= 0.6 is 11.3 Å². The van der Waals surface area contributed by atoms with Crippen LogP contribution in [0.3, 0.4) is 0 Å². The number of hydrogen-bond acceptors (Lipinski definition) is 3. The predicted molar refractivity (Wildman–Crippen MR) is 76.2 cm³/mol. The van der Waals surface area contributed by atoms with Gasteiger partial charge in [-0.05, 0) is 26.0 Å². The lowest BCUT2D eigenvalue weighted by molar-refractivity contribution is 0.584. The summed E-state index contributed by atoms with van der Waals surface area (Å²) in [5, 5.41) is 5.08. The minimum absolute atomic E-state index is 0.421. The van der Waals surface area contributed by atoms with Crippen molar-refractivity contribution in [3.05, 3.63) is 52.3 Å². The van der Waals surface area contributed by atoms with E-state index in [1.807, 2.05) is 19.2 Å². The summed E-state index contributed by atoms with van der Waals surface area (Å²) in [7, 11) is 0. The van der Waals surface area contributed by atoms with Crippen LogP contribution in [-0.4, -0.2) is 9.38 Å². The number of thiazole rings is 1. The van der Waals surface area contributed by atoms with Gasteiger partial charge >= 0.3 is 0 Å². The number of aromatic nitrogens is 2. The van der Waals surface area contributed by atoms with E-state index in [0.29, 0.717) is 12.2 Å². The van der Waals surface area contributed by atoms with Crippen molar-refractivity contribution in [1.29, 1.82) is 0 Å². The Labute approximate surface area is 118 Å². The molecule has 3 rings (SSSR count). The zero-order chi connectivity index (χ0) is 14.3. The maximum absolute atomic E-state index is 13.1. The van der Waals surface area contributed by atoms with Crippen molar-refractivity contribution in [3.8, 4) is 0 Å². The molecule has 0 aliphatic heterocycles. The maximum atomic E-state index is 13.1. The van der Waals surface area contributed by atoms with Crippen LogP contribution in [0.2, 0.25) is 0 Å². The second-order valence-electron chi connectivity index (χ2n) is 4.65. The van der Waals surface area contributed by atoms with Crippen LogP contribution in [0.15, 0.2) is 23.6 Å². The fourth-order valence-corrected chi connectivity index (χ4v) is 3.15. The fourth-order valence-electron chi connectivity index (χ4n) is 2.22. The summed E-state index contributed by atoms with van der Waals surface area (Å²) in [6.07, 6.45) is 0. The Hall–Kier alpha value is -1.95. The number of hydrogen-bond donors (Lipinski definition) is 1. The van der Waals surface area contributed by atoms with Crippen molar-refractivity contribution >= 4 is 22.0 Å². The van der Waals surface area contributed by atoms with Gasteiger partial charge in [0.1, 0.15) is 11.6 Å². The topological polar surface area (TPSA) is 29.3 Å². The average Bonchev–Trinajstić information content (AvgIpc) is 2.86. The van der Waals surface area contributed by atoms with E-state index in [2.05, 4.69) is 14.7 Å². The smallest absolute Gasteiger partial charge is 0.194 e. The van der Waals surface area contributed by atoms with Crippen LogP contribution in [0.4, 0.5) is 14.5 Å². The molecule has 2 heterocycles. The molecule has 0 radical (unpaired) electrons. The van der Waals surface area contributed by atoms with Crippen molar-refractivity contribution in [1.82, 2.24) is 9.38 Å². The SMILES string of the molecule is Cc1nc2scc(C)n2c1CNc1cc(F)cc(F)c1. The molecule has 0 saturated carbocycles. The number of nitrogens with one attached hydrogen (secondary N) is 1. The number of halogens is 2. The van der Waals surface area contributed by atoms with Gasteiger partial charge in [-0.25, -0.2) is 13.8 Å². The van der Waals surface area contributed by atoms with Gasteiger partial charge in [-0.3, -0.25) is 4.40 Å². The zero-order valence-electron chi connectivity index (χ0n) is 11.1. The molecule has 1 N–H and O–H groups in total. The third-order valence-corrected chi connectivity index (χ3v) is 4.10. The second kappa shape index (κ2) is 4.86. The van der Waals surface area contributed by atoms with Crippen LogP contribution in [0.1, 0.15) is 17.1 Å². The number of aryl methyl sites for hydroxylation is 2. The van der Waals surface area contributed by atoms with Crippen LogP contribution < -0.4 is 5.32 Å². The van der Waals surface area contributed by atoms with Gasteiger partial charge in [-0.1, -0.05) is 0 Å². The van der Waals surface area contributed by atoms with Gasteiger partial charge in [-0.15, -0.1) is 11.3 Å². The first-order valence-electron chi connectivity index (χ1n) is 6.16. The van der Waals surface area contributed by atoms with Crippen LogP contribution in [-0.2, 0) is 6.54 Å². The monoisotopic (exact) mass is 293 g/mol. The lowest BCUT2D eigenvalue weighted by atomic mass is 10.2. The van der Waals surface area contributed by atoms with Gasteiger partial charge in [0, 0.05) is 22.8 Å². The van der Waals surface area contributed by atoms with Gasteiger partial charge in [0.2, 0.25) is 0 Å². The Morgan fingerprint density at radius 3 is 2.60 bits per heavy atom. The van der Waals surface area contributed by atoms with Gasteiger partial charge in [0.05, 0.1) is 17.9 Å². The predicted octanol–water partition coefficient (Wildman–Crippen LogP) is 3.90. The van der Waals surface area contributed by atoms with E-state index >= 15 is 0 Å². The Morgan fingerprint density at radius 1 is 1.20 bits per heavy atom. The average molecular weight is 293 g/mol. The standard InChI is InChI=1S/C14H13F2N3S/c1-8-7-20-14-18-9(2)13(19(8)14)6-17-12-4-10(15)3-11(16)5-12/h3-5,7,17H,6H2,1-2H3. The molecule has 6 heteroatoms. The molecule has 0 aliphatic carbocycles. The number of benzene rings is 1. The molecule has 0 unspecified atom stereocenters. The molecule has 3 aromatic rings. The largest absolute Gasteiger partial charge is 0.379 e. The van der Waals surface area contributed by atoms with E-state index in [-0.39, 0.29) is 0 Å². The first-order valence-corrected chi connectivity index (χ1v) is 7.04.